The Labute approximate surface area is 120 Å². The van der Waals surface area contributed by atoms with Crippen LogP contribution in [0.1, 0.15) is 19.8 Å². The predicted octanol–water partition coefficient (Wildman–Crippen LogP) is 2.73. The molecule has 1 fully saturated rings. The van der Waals surface area contributed by atoms with Gasteiger partial charge in [0.2, 0.25) is 0 Å². The highest BCUT2D eigenvalue weighted by Gasteiger charge is 2.26. The van der Waals surface area contributed by atoms with Crippen molar-refractivity contribution in [2.24, 2.45) is 5.92 Å². The summed E-state index contributed by atoms with van der Waals surface area (Å²) in [4.78, 5) is 13.4. The van der Waals surface area contributed by atoms with Gasteiger partial charge in [-0.2, -0.15) is 0 Å². The molecule has 116 valence electrons. The molecule has 1 heterocycles. The second kappa shape index (κ2) is 6.34. The minimum absolute atomic E-state index is 0.133. The van der Waals surface area contributed by atoms with Crippen LogP contribution in [0, 0.1) is 23.4 Å². The van der Waals surface area contributed by atoms with Crippen LogP contribution >= 0.6 is 0 Å². The first kappa shape index (κ1) is 15.6. The molecule has 0 spiro atoms. The molecule has 21 heavy (non-hydrogen) atoms. The zero-order chi connectivity index (χ0) is 15.6. The van der Waals surface area contributed by atoms with Gasteiger partial charge in [0.05, 0.1) is 11.8 Å². The summed E-state index contributed by atoms with van der Waals surface area (Å²) in [5.41, 5.74) is -0.392. The van der Waals surface area contributed by atoms with Crippen LogP contribution in [-0.4, -0.2) is 35.2 Å². The number of hydrogen-bond donors (Lipinski definition) is 2. The molecule has 7 heteroatoms. The highest BCUT2D eigenvalue weighted by atomic mass is 19.2. The molecule has 1 aromatic carbocycles. The maximum Gasteiger partial charge on any atom is 0.321 e. The van der Waals surface area contributed by atoms with Crippen molar-refractivity contribution in [3.05, 3.63) is 29.6 Å². The van der Waals surface area contributed by atoms with Gasteiger partial charge in [-0.25, -0.2) is 18.0 Å². The fourth-order valence-electron chi connectivity index (χ4n) is 2.40. The molecule has 1 aliphatic heterocycles. The fourth-order valence-corrected chi connectivity index (χ4v) is 2.40. The molecule has 0 radical (unpaired) electrons. The smallest absolute Gasteiger partial charge is 0.321 e. The van der Waals surface area contributed by atoms with Gasteiger partial charge in [0.25, 0.3) is 0 Å². The molecule has 0 aliphatic carbocycles. The average Bonchev–Trinajstić information content (AvgIpc) is 2.48. The lowest BCUT2D eigenvalue weighted by Gasteiger charge is -2.33. The van der Waals surface area contributed by atoms with Crippen LogP contribution in [0.15, 0.2) is 12.1 Å². The standard InChI is InChI=1S/C14H17F3N2O2/c1-8(20)9-4-6-19(7-5-9)14(21)18-11-3-2-10(15)12(16)13(11)17/h2-3,8-9,20H,4-7H2,1H3,(H,18,21). The molecule has 0 bridgehead atoms. The summed E-state index contributed by atoms with van der Waals surface area (Å²) >= 11 is 0. The maximum absolute atomic E-state index is 13.5. The van der Waals surface area contributed by atoms with Crippen LogP contribution in [-0.2, 0) is 0 Å². The number of carbonyl (C=O) groups excluding carboxylic acids is 1. The van der Waals surface area contributed by atoms with Crippen LogP contribution in [0.4, 0.5) is 23.7 Å². The number of urea groups is 1. The van der Waals surface area contributed by atoms with Crippen molar-refractivity contribution in [2.45, 2.75) is 25.9 Å². The number of piperidine rings is 1. The van der Waals surface area contributed by atoms with Crippen molar-refractivity contribution in [1.29, 1.82) is 0 Å². The second-order valence-corrected chi connectivity index (χ2v) is 5.22. The summed E-state index contributed by atoms with van der Waals surface area (Å²) in [6, 6.07) is 1.17. The van der Waals surface area contributed by atoms with Crippen LogP contribution < -0.4 is 5.32 Å². The van der Waals surface area contributed by atoms with E-state index in [4.69, 9.17) is 0 Å². The fraction of sp³-hybridized carbons (Fsp3) is 0.500. The molecule has 0 aromatic heterocycles. The Morgan fingerprint density at radius 1 is 1.29 bits per heavy atom. The minimum atomic E-state index is -1.61. The second-order valence-electron chi connectivity index (χ2n) is 5.22. The number of nitrogens with zero attached hydrogens (tertiary/aromatic N) is 1. The van der Waals surface area contributed by atoms with E-state index in [9.17, 15) is 23.1 Å². The highest BCUT2D eigenvalue weighted by molar-refractivity contribution is 5.89. The largest absolute Gasteiger partial charge is 0.393 e. The number of hydrogen-bond acceptors (Lipinski definition) is 2. The first-order valence-corrected chi connectivity index (χ1v) is 6.77. The number of carbonyl (C=O) groups is 1. The van der Waals surface area contributed by atoms with E-state index in [0.717, 1.165) is 12.1 Å². The Hall–Kier alpha value is -1.76. The van der Waals surface area contributed by atoms with Gasteiger partial charge in [0, 0.05) is 13.1 Å². The summed E-state index contributed by atoms with van der Waals surface area (Å²) in [5, 5.41) is 11.7. The highest BCUT2D eigenvalue weighted by Crippen LogP contribution is 2.23. The normalized spacial score (nSPS) is 17.7. The van der Waals surface area contributed by atoms with Crippen molar-refractivity contribution in [1.82, 2.24) is 4.90 Å². The van der Waals surface area contributed by atoms with E-state index in [1.165, 1.54) is 4.90 Å². The summed E-state index contributed by atoms with van der Waals surface area (Å²) in [5.74, 6) is -4.19. The van der Waals surface area contributed by atoms with E-state index in [1.54, 1.807) is 6.92 Å². The number of anilines is 1. The summed E-state index contributed by atoms with van der Waals surface area (Å²) in [7, 11) is 0. The predicted molar refractivity (Wildman–Crippen MR) is 71.3 cm³/mol. The molecule has 1 unspecified atom stereocenters. The van der Waals surface area contributed by atoms with Gasteiger partial charge in [-0.05, 0) is 37.8 Å². The molecular weight excluding hydrogens is 285 g/mol. The monoisotopic (exact) mass is 302 g/mol. The zero-order valence-electron chi connectivity index (χ0n) is 11.6. The van der Waals surface area contributed by atoms with Gasteiger partial charge >= 0.3 is 6.03 Å². The van der Waals surface area contributed by atoms with E-state index in [-0.39, 0.29) is 5.92 Å². The Bertz CT molecular complexity index is 529. The molecule has 1 aromatic rings. The van der Waals surface area contributed by atoms with E-state index in [2.05, 4.69) is 5.32 Å². The van der Waals surface area contributed by atoms with Crippen molar-refractivity contribution >= 4 is 11.7 Å². The number of aliphatic hydroxyl groups excluding tert-OH is 1. The average molecular weight is 302 g/mol. The maximum atomic E-state index is 13.5. The van der Waals surface area contributed by atoms with E-state index >= 15 is 0 Å². The number of likely N-dealkylation sites (tertiary alicyclic amines) is 1. The lowest BCUT2D eigenvalue weighted by molar-refractivity contribution is 0.0820. The number of benzene rings is 1. The minimum Gasteiger partial charge on any atom is -0.393 e. The molecule has 2 rings (SSSR count). The van der Waals surface area contributed by atoms with E-state index in [1.807, 2.05) is 0 Å². The Kier molecular flexibility index (Phi) is 4.72. The molecule has 0 saturated carbocycles. The third-order valence-corrected chi connectivity index (χ3v) is 3.79. The molecule has 2 N–H and O–H groups in total. The van der Waals surface area contributed by atoms with E-state index < -0.39 is 35.3 Å². The van der Waals surface area contributed by atoms with Gasteiger partial charge < -0.3 is 15.3 Å². The van der Waals surface area contributed by atoms with Gasteiger partial charge in [0.15, 0.2) is 17.5 Å². The van der Waals surface area contributed by atoms with Crippen LogP contribution in [0.3, 0.4) is 0 Å². The number of nitrogens with one attached hydrogen (secondary N) is 1. The summed E-state index contributed by atoms with van der Waals surface area (Å²) < 4.78 is 39.4. The topological polar surface area (TPSA) is 52.6 Å². The number of amides is 2. The number of aliphatic hydroxyl groups is 1. The third-order valence-electron chi connectivity index (χ3n) is 3.79. The Morgan fingerprint density at radius 3 is 2.48 bits per heavy atom. The molecule has 4 nitrogen and oxygen atoms in total. The first-order chi connectivity index (χ1) is 9.90. The third kappa shape index (κ3) is 3.47. The Morgan fingerprint density at radius 2 is 1.90 bits per heavy atom. The van der Waals surface area contributed by atoms with Crippen molar-refractivity contribution in [3.63, 3.8) is 0 Å². The first-order valence-electron chi connectivity index (χ1n) is 6.77. The van der Waals surface area contributed by atoms with Gasteiger partial charge in [0.1, 0.15) is 0 Å². The van der Waals surface area contributed by atoms with Crippen LogP contribution in [0.5, 0.6) is 0 Å². The summed E-state index contributed by atoms with van der Waals surface area (Å²) in [6.45, 7) is 2.55. The molecule has 1 aliphatic rings. The van der Waals surface area contributed by atoms with Crippen molar-refractivity contribution in [3.8, 4) is 0 Å². The Balaban J connectivity index is 1.98. The lowest BCUT2D eigenvalue weighted by Crippen LogP contribution is -2.43. The van der Waals surface area contributed by atoms with Crippen LogP contribution in [0.2, 0.25) is 0 Å². The quantitative estimate of drug-likeness (QED) is 0.825. The molecule has 1 saturated heterocycles. The van der Waals surface area contributed by atoms with E-state index in [0.29, 0.717) is 25.9 Å². The van der Waals surface area contributed by atoms with Gasteiger partial charge in [-0.3, -0.25) is 0 Å². The molecule has 2 amide bonds. The van der Waals surface area contributed by atoms with Gasteiger partial charge in [-0.15, -0.1) is 0 Å². The van der Waals surface area contributed by atoms with Crippen molar-refractivity contribution < 1.29 is 23.1 Å². The summed E-state index contributed by atoms with van der Waals surface area (Å²) in [6.07, 6.45) is 0.857. The lowest BCUT2D eigenvalue weighted by atomic mass is 9.92. The van der Waals surface area contributed by atoms with Crippen molar-refractivity contribution in [2.75, 3.05) is 18.4 Å². The number of halogens is 3. The van der Waals surface area contributed by atoms with Gasteiger partial charge in [-0.1, -0.05) is 0 Å². The zero-order valence-corrected chi connectivity index (χ0v) is 11.6. The van der Waals surface area contributed by atoms with Crippen LogP contribution in [0.25, 0.3) is 0 Å². The SMILES string of the molecule is CC(O)C1CCN(C(=O)Nc2ccc(F)c(F)c2F)CC1. The molecule has 1 atom stereocenters. The number of rotatable bonds is 2. The molecular formula is C14H17F3N2O2.